The van der Waals surface area contributed by atoms with Crippen LogP contribution >= 0.6 is 11.8 Å². The Balaban J connectivity index is 1.47. The fourth-order valence-corrected chi connectivity index (χ4v) is 4.81. The van der Waals surface area contributed by atoms with E-state index in [1.165, 1.54) is 0 Å². The summed E-state index contributed by atoms with van der Waals surface area (Å²) in [5, 5.41) is 22.0. The lowest BCUT2D eigenvalue weighted by Gasteiger charge is -2.22. The Kier molecular flexibility index (Phi) is 9.98. The molecule has 8 nitrogen and oxygen atoms in total. The van der Waals surface area contributed by atoms with Crippen molar-refractivity contribution in [2.24, 2.45) is 0 Å². The summed E-state index contributed by atoms with van der Waals surface area (Å²) in [4.78, 5) is 37.0. The number of carboxylic acids is 1. The number of aliphatic hydroxyl groups excluding tert-OH is 1. The summed E-state index contributed by atoms with van der Waals surface area (Å²) < 4.78 is 5.35. The van der Waals surface area contributed by atoms with Crippen LogP contribution in [0.15, 0.2) is 53.0 Å². The highest BCUT2D eigenvalue weighted by Gasteiger charge is 2.28. The number of hydrogen-bond acceptors (Lipinski definition) is 6. The molecule has 2 atom stereocenters. The summed E-state index contributed by atoms with van der Waals surface area (Å²) >= 11 is 1.65. The van der Waals surface area contributed by atoms with Gasteiger partial charge in [-0.15, -0.1) is 0 Å². The zero-order chi connectivity index (χ0) is 25.2. The number of likely N-dealkylation sites (tertiary alicyclic amines) is 1. The lowest BCUT2D eigenvalue weighted by atomic mass is 10.1. The number of furan rings is 1. The summed E-state index contributed by atoms with van der Waals surface area (Å²) in [6, 6.07) is 10.6. The molecule has 2 amide bonds. The number of carbonyl (C=O) groups is 3. The van der Waals surface area contributed by atoms with Gasteiger partial charge in [-0.2, -0.15) is 11.8 Å². The van der Waals surface area contributed by atoms with E-state index < -0.39 is 12.1 Å². The molecule has 188 valence electrons. The Morgan fingerprint density at radius 2 is 2.11 bits per heavy atom. The number of aliphatic hydroxyl groups is 1. The Hall–Kier alpha value is -3.04. The van der Waals surface area contributed by atoms with E-state index in [9.17, 15) is 19.5 Å². The van der Waals surface area contributed by atoms with Gasteiger partial charge < -0.3 is 24.8 Å². The Bertz CT molecular complexity index is 1050. The van der Waals surface area contributed by atoms with Gasteiger partial charge in [-0.25, -0.2) is 0 Å². The molecule has 1 aliphatic rings. The van der Waals surface area contributed by atoms with E-state index in [4.69, 9.17) is 9.52 Å². The number of anilines is 1. The van der Waals surface area contributed by atoms with Crippen LogP contribution in [-0.2, 0) is 16.0 Å². The van der Waals surface area contributed by atoms with Gasteiger partial charge in [-0.05, 0) is 55.3 Å². The van der Waals surface area contributed by atoms with Crippen molar-refractivity contribution in [3.05, 3.63) is 65.6 Å². The number of carboxylic acid groups (broad SMARTS) is 1. The first kappa shape index (κ1) is 26.6. The molecule has 2 heterocycles. The number of hydrogen-bond donors (Lipinski definition) is 3. The molecule has 1 aliphatic heterocycles. The third kappa shape index (κ3) is 8.60. The minimum absolute atomic E-state index is 0.0425. The average molecular weight is 501 g/mol. The number of aryl methyl sites for hydroxylation is 1. The Morgan fingerprint density at radius 3 is 2.86 bits per heavy atom. The van der Waals surface area contributed by atoms with Gasteiger partial charge in [0.2, 0.25) is 5.91 Å². The number of thioether (sulfide) groups is 1. The quantitative estimate of drug-likeness (QED) is 0.282. The average Bonchev–Trinajstić information content (AvgIpc) is 3.40. The Labute approximate surface area is 209 Å². The van der Waals surface area contributed by atoms with E-state index in [2.05, 4.69) is 5.32 Å². The first-order valence-electron chi connectivity index (χ1n) is 11.7. The van der Waals surface area contributed by atoms with E-state index >= 15 is 0 Å². The van der Waals surface area contributed by atoms with Crippen LogP contribution < -0.4 is 5.32 Å². The highest BCUT2D eigenvalue weighted by Crippen LogP contribution is 2.21. The first-order valence-corrected chi connectivity index (χ1v) is 12.9. The van der Waals surface area contributed by atoms with E-state index in [1.54, 1.807) is 43.0 Å². The van der Waals surface area contributed by atoms with Gasteiger partial charge in [0.15, 0.2) is 5.76 Å². The molecule has 1 aromatic heterocycles. The molecule has 2 aromatic rings. The van der Waals surface area contributed by atoms with Crippen LogP contribution in [0.25, 0.3) is 0 Å². The smallest absolute Gasteiger partial charge is 0.303 e. The third-order valence-electron chi connectivity index (χ3n) is 5.68. The van der Waals surface area contributed by atoms with Crippen LogP contribution in [0.4, 0.5) is 5.69 Å². The molecule has 9 heteroatoms. The van der Waals surface area contributed by atoms with Crippen molar-refractivity contribution < 1.29 is 29.0 Å². The maximum absolute atomic E-state index is 12.3. The molecule has 3 rings (SSSR count). The maximum atomic E-state index is 12.3. The van der Waals surface area contributed by atoms with Gasteiger partial charge in [0.05, 0.1) is 12.1 Å². The van der Waals surface area contributed by atoms with Crippen molar-refractivity contribution in [3.63, 3.8) is 0 Å². The summed E-state index contributed by atoms with van der Waals surface area (Å²) in [5.74, 6) is 1.41. The monoisotopic (exact) mass is 500 g/mol. The third-order valence-corrected chi connectivity index (χ3v) is 6.73. The van der Waals surface area contributed by atoms with Crippen molar-refractivity contribution in [1.29, 1.82) is 0 Å². The zero-order valence-electron chi connectivity index (χ0n) is 19.8. The number of aliphatic carboxylic acids is 1. The van der Waals surface area contributed by atoms with Gasteiger partial charge in [-0.3, -0.25) is 14.4 Å². The van der Waals surface area contributed by atoms with Crippen molar-refractivity contribution in [2.75, 3.05) is 23.4 Å². The van der Waals surface area contributed by atoms with Crippen LogP contribution in [0.1, 0.15) is 47.6 Å². The molecule has 0 bridgehead atoms. The van der Waals surface area contributed by atoms with Crippen molar-refractivity contribution in [3.8, 4) is 0 Å². The number of benzene rings is 1. The Morgan fingerprint density at radius 1 is 1.29 bits per heavy atom. The molecule has 1 aromatic carbocycles. The van der Waals surface area contributed by atoms with Gasteiger partial charge in [-0.1, -0.05) is 24.3 Å². The molecule has 0 spiro atoms. The van der Waals surface area contributed by atoms with Crippen molar-refractivity contribution >= 4 is 35.2 Å². The lowest BCUT2D eigenvalue weighted by molar-refractivity contribution is -0.137. The molecule has 35 heavy (non-hydrogen) atoms. The van der Waals surface area contributed by atoms with Crippen LogP contribution in [0.5, 0.6) is 0 Å². The van der Waals surface area contributed by atoms with Crippen molar-refractivity contribution in [1.82, 2.24) is 4.90 Å². The van der Waals surface area contributed by atoms with Crippen LogP contribution in [0, 0.1) is 6.92 Å². The second kappa shape index (κ2) is 13.2. The van der Waals surface area contributed by atoms with Crippen molar-refractivity contribution in [2.45, 2.75) is 51.2 Å². The molecule has 0 unspecified atom stereocenters. The topological polar surface area (TPSA) is 120 Å². The number of amides is 2. The summed E-state index contributed by atoms with van der Waals surface area (Å²) in [7, 11) is 0. The number of carbonyl (C=O) groups excluding carboxylic acids is 2. The van der Waals surface area contributed by atoms with Crippen LogP contribution in [0.3, 0.4) is 0 Å². The molecule has 1 fully saturated rings. The summed E-state index contributed by atoms with van der Waals surface area (Å²) in [5.41, 5.74) is 1.49. The molecular weight excluding hydrogens is 468 g/mol. The minimum Gasteiger partial charge on any atom is -0.481 e. The standard InChI is InChI=1S/C26H32N2O6S/c1-18-7-11-23(34-18)26(33)27-20-5-2-4-19(16-20)17-22(29)10-8-21-9-12-24(30)28(21)13-15-35-14-3-6-25(31)32/h2,4-5,7-8,10-11,16,21-22,29H,3,6,9,12-15,17H2,1H3,(H,27,33)(H,31,32)/b10-8+/t21-,22+/m0/s1. The van der Waals surface area contributed by atoms with Crippen LogP contribution in [-0.4, -0.2) is 63.1 Å². The summed E-state index contributed by atoms with van der Waals surface area (Å²) in [6.07, 6.45) is 5.28. The number of rotatable bonds is 13. The van der Waals surface area contributed by atoms with E-state index in [-0.39, 0.29) is 30.0 Å². The fourth-order valence-electron chi connectivity index (χ4n) is 3.93. The summed E-state index contributed by atoms with van der Waals surface area (Å²) in [6.45, 7) is 2.38. The van der Waals surface area contributed by atoms with Gasteiger partial charge in [0.1, 0.15) is 5.76 Å². The molecular formula is C26H32N2O6S. The molecule has 0 radical (unpaired) electrons. The second-order valence-corrected chi connectivity index (χ2v) is 9.75. The highest BCUT2D eigenvalue weighted by molar-refractivity contribution is 7.99. The molecule has 3 N–H and O–H groups in total. The van der Waals surface area contributed by atoms with Gasteiger partial charge in [0.25, 0.3) is 5.91 Å². The number of nitrogens with one attached hydrogen (secondary N) is 1. The largest absolute Gasteiger partial charge is 0.481 e. The highest BCUT2D eigenvalue weighted by atomic mass is 32.2. The van der Waals surface area contributed by atoms with Gasteiger partial charge in [0, 0.05) is 37.2 Å². The minimum atomic E-state index is -0.787. The lowest BCUT2D eigenvalue weighted by Crippen LogP contribution is -2.34. The van der Waals surface area contributed by atoms with Crippen LogP contribution in [0.2, 0.25) is 0 Å². The van der Waals surface area contributed by atoms with Gasteiger partial charge >= 0.3 is 5.97 Å². The molecule has 0 saturated carbocycles. The predicted octanol–water partition coefficient (Wildman–Crippen LogP) is 3.89. The predicted molar refractivity (Wildman–Crippen MR) is 136 cm³/mol. The number of nitrogens with zero attached hydrogens (tertiary/aromatic N) is 1. The first-order chi connectivity index (χ1) is 16.8. The maximum Gasteiger partial charge on any atom is 0.303 e. The zero-order valence-corrected chi connectivity index (χ0v) is 20.6. The molecule has 1 saturated heterocycles. The van der Waals surface area contributed by atoms with E-state index in [0.29, 0.717) is 37.3 Å². The normalized spacial score (nSPS) is 16.7. The second-order valence-electron chi connectivity index (χ2n) is 8.52. The van der Waals surface area contributed by atoms with E-state index in [0.717, 1.165) is 23.5 Å². The fraction of sp³-hybridized carbons (Fsp3) is 0.423. The van der Waals surface area contributed by atoms with E-state index in [1.807, 2.05) is 29.2 Å². The SMILES string of the molecule is Cc1ccc(C(=O)Nc2cccc(C[C@H](O)/C=C/[C@H]3CCC(=O)N3CCSCCCC(=O)O)c2)o1. The molecule has 0 aliphatic carbocycles.